The number of para-hydroxylation sites is 2. The van der Waals surface area contributed by atoms with Crippen LogP contribution in [0.15, 0.2) is 223 Å². The predicted octanol–water partition coefficient (Wildman–Crippen LogP) is 16.7. The van der Waals surface area contributed by atoms with Gasteiger partial charge in [-0.2, -0.15) is 9.97 Å². The number of aromatic nitrogens is 4. The highest BCUT2D eigenvalue weighted by Gasteiger charge is 2.36. The standard InChI is InChI=1S/C64H42N4O/c1-64(2)53-29-10-8-25-51(53)58-47(26-15-30-54(58)64)43-21-12-19-41(36-43)42-20-13-22-44(37-42)48-27-14-28-52-59-46-23-7-6-16-39(46)33-35-55(59)68(60(48)52)63-66-61(40-17-4-3-5-18-40)65-62(67-63)45-32-34-50-49-24-9-11-31-56(49)69-57(50)38-45/h3-38H,1-2H3. The molecule has 0 unspecified atom stereocenters. The third-order valence-corrected chi connectivity index (χ3v) is 14.5. The third kappa shape index (κ3) is 6.07. The fourth-order valence-electron chi connectivity index (χ4n) is 11.2. The summed E-state index contributed by atoms with van der Waals surface area (Å²) >= 11 is 0. The maximum atomic E-state index is 6.38. The third-order valence-electron chi connectivity index (χ3n) is 14.5. The van der Waals surface area contributed by atoms with Crippen LogP contribution in [0.4, 0.5) is 0 Å². The molecule has 1 aliphatic carbocycles. The van der Waals surface area contributed by atoms with Gasteiger partial charge in [0.2, 0.25) is 5.95 Å². The van der Waals surface area contributed by atoms with Crippen LogP contribution in [0.3, 0.4) is 0 Å². The number of rotatable bonds is 6. The Balaban J connectivity index is 0.973. The van der Waals surface area contributed by atoms with Gasteiger partial charge in [0, 0.05) is 43.7 Å². The first kappa shape index (κ1) is 39.3. The minimum atomic E-state index is -0.0700. The van der Waals surface area contributed by atoms with E-state index in [0.717, 1.165) is 77.1 Å². The van der Waals surface area contributed by atoms with Gasteiger partial charge in [-0.15, -0.1) is 0 Å². The second-order valence-electron chi connectivity index (χ2n) is 18.7. The van der Waals surface area contributed by atoms with E-state index in [4.69, 9.17) is 19.4 Å². The molecule has 1 aliphatic rings. The lowest BCUT2D eigenvalue weighted by Gasteiger charge is -2.21. The molecule has 13 aromatic rings. The van der Waals surface area contributed by atoms with Crippen LogP contribution in [-0.4, -0.2) is 19.5 Å². The highest BCUT2D eigenvalue weighted by atomic mass is 16.3. The zero-order chi connectivity index (χ0) is 45.8. The van der Waals surface area contributed by atoms with Crippen molar-refractivity contribution < 1.29 is 4.42 Å². The first-order valence-electron chi connectivity index (χ1n) is 23.6. The Kier molecular flexibility index (Phi) is 8.56. The molecule has 0 bridgehead atoms. The van der Waals surface area contributed by atoms with E-state index < -0.39 is 0 Å². The summed E-state index contributed by atoms with van der Waals surface area (Å²) in [5.74, 6) is 1.69. The minimum absolute atomic E-state index is 0.0700. The van der Waals surface area contributed by atoms with Gasteiger partial charge in [-0.05, 0) is 97.2 Å². The van der Waals surface area contributed by atoms with E-state index in [1.165, 1.54) is 44.2 Å². The van der Waals surface area contributed by atoms with Crippen molar-refractivity contribution in [3.8, 4) is 73.2 Å². The summed E-state index contributed by atoms with van der Waals surface area (Å²) in [7, 11) is 0. The van der Waals surface area contributed by atoms with Crippen molar-refractivity contribution in [3.63, 3.8) is 0 Å². The molecule has 0 fully saturated rings. The number of fused-ring (bicyclic) bond motifs is 11. The van der Waals surface area contributed by atoms with E-state index in [9.17, 15) is 0 Å². The van der Waals surface area contributed by atoms with Gasteiger partial charge in [-0.3, -0.25) is 4.57 Å². The first-order chi connectivity index (χ1) is 34.0. The Morgan fingerprint density at radius 3 is 1.83 bits per heavy atom. The molecule has 0 radical (unpaired) electrons. The Morgan fingerprint density at radius 2 is 0.986 bits per heavy atom. The van der Waals surface area contributed by atoms with Gasteiger partial charge in [0.1, 0.15) is 11.2 Å². The molecule has 0 amide bonds. The second-order valence-corrected chi connectivity index (χ2v) is 18.7. The lowest BCUT2D eigenvalue weighted by molar-refractivity contribution is 0.660. The van der Waals surface area contributed by atoms with Gasteiger partial charge in [0.15, 0.2) is 11.6 Å². The molecule has 0 saturated carbocycles. The van der Waals surface area contributed by atoms with Crippen LogP contribution in [0, 0.1) is 0 Å². The fraction of sp³-hybridized carbons (Fsp3) is 0.0469. The Hall–Kier alpha value is -8.93. The summed E-state index contributed by atoms with van der Waals surface area (Å²) in [6.45, 7) is 4.69. The molecule has 3 aromatic heterocycles. The summed E-state index contributed by atoms with van der Waals surface area (Å²) < 4.78 is 8.64. The molecular formula is C64H42N4O. The molecule has 0 atom stereocenters. The van der Waals surface area contributed by atoms with Crippen LogP contribution in [0.25, 0.3) is 128 Å². The zero-order valence-corrected chi connectivity index (χ0v) is 38.0. The van der Waals surface area contributed by atoms with Gasteiger partial charge in [-0.25, -0.2) is 4.98 Å². The number of hydrogen-bond donors (Lipinski definition) is 0. The van der Waals surface area contributed by atoms with E-state index in [2.05, 4.69) is 200 Å². The van der Waals surface area contributed by atoms with Gasteiger partial charge in [0.25, 0.3) is 0 Å². The summed E-state index contributed by atoms with van der Waals surface area (Å²) in [6, 6.07) is 78.0. The number of hydrogen-bond acceptors (Lipinski definition) is 4. The predicted molar refractivity (Wildman–Crippen MR) is 284 cm³/mol. The molecule has 5 heteroatoms. The van der Waals surface area contributed by atoms with Crippen molar-refractivity contribution >= 4 is 54.5 Å². The summed E-state index contributed by atoms with van der Waals surface area (Å²) in [5, 5.41) is 6.76. The van der Waals surface area contributed by atoms with Crippen molar-refractivity contribution in [2.75, 3.05) is 0 Å². The Morgan fingerprint density at radius 1 is 0.391 bits per heavy atom. The average molecular weight is 883 g/mol. The topological polar surface area (TPSA) is 56.7 Å². The molecule has 0 aliphatic heterocycles. The largest absolute Gasteiger partial charge is 0.456 e. The number of furan rings is 1. The van der Waals surface area contributed by atoms with E-state index in [0.29, 0.717) is 17.6 Å². The molecule has 5 nitrogen and oxygen atoms in total. The Labute approximate surface area is 398 Å². The van der Waals surface area contributed by atoms with Crippen LogP contribution in [-0.2, 0) is 5.41 Å². The van der Waals surface area contributed by atoms with E-state index in [1.807, 2.05) is 36.4 Å². The average Bonchev–Trinajstić information content (AvgIpc) is 4.04. The first-order valence-corrected chi connectivity index (χ1v) is 23.6. The van der Waals surface area contributed by atoms with Crippen molar-refractivity contribution in [2.24, 2.45) is 0 Å². The van der Waals surface area contributed by atoms with Gasteiger partial charge in [0.05, 0.1) is 11.0 Å². The lowest BCUT2D eigenvalue weighted by Crippen LogP contribution is -2.14. The van der Waals surface area contributed by atoms with Gasteiger partial charge < -0.3 is 4.42 Å². The molecule has 324 valence electrons. The van der Waals surface area contributed by atoms with E-state index in [-0.39, 0.29) is 5.41 Å². The van der Waals surface area contributed by atoms with Crippen LogP contribution in [0.1, 0.15) is 25.0 Å². The monoisotopic (exact) mass is 882 g/mol. The summed E-state index contributed by atoms with van der Waals surface area (Å²) in [6.07, 6.45) is 0. The zero-order valence-electron chi connectivity index (χ0n) is 38.0. The van der Waals surface area contributed by atoms with Crippen molar-refractivity contribution in [2.45, 2.75) is 19.3 Å². The van der Waals surface area contributed by atoms with Crippen LogP contribution in [0.5, 0.6) is 0 Å². The lowest BCUT2D eigenvalue weighted by atomic mass is 9.82. The van der Waals surface area contributed by atoms with E-state index in [1.54, 1.807) is 0 Å². The molecule has 14 rings (SSSR count). The molecular weight excluding hydrogens is 841 g/mol. The van der Waals surface area contributed by atoms with Crippen molar-refractivity contribution in [1.29, 1.82) is 0 Å². The highest BCUT2D eigenvalue weighted by molar-refractivity contribution is 6.23. The van der Waals surface area contributed by atoms with Gasteiger partial charge >= 0.3 is 0 Å². The normalized spacial score (nSPS) is 12.9. The fourth-order valence-corrected chi connectivity index (χ4v) is 11.2. The number of benzene rings is 10. The van der Waals surface area contributed by atoms with Gasteiger partial charge in [-0.1, -0.05) is 196 Å². The summed E-state index contributed by atoms with van der Waals surface area (Å²) in [4.78, 5) is 15.9. The molecule has 0 N–H and O–H groups in total. The molecule has 3 heterocycles. The highest BCUT2D eigenvalue weighted by Crippen LogP contribution is 2.52. The quantitative estimate of drug-likeness (QED) is 0.167. The molecule has 0 saturated heterocycles. The second kappa shape index (κ2) is 15.0. The minimum Gasteiger partial charge on any atom is -0.456 e. The van der Waals surface area contributed by atoms with Crippen LogP contribution >= 0.6 is 0 Å². The van der Waals surface area contributed by atoms with Crippen LogP contribution < -0.4 is 0 Å². The maximum absolute atomic E-state index is 6.38. The SMILES string of the molecule is CC1(C)c2ccccc2-c2c(-c3cccc(-c4cccc(-c5cccc6c7c8ccccc8ccc7n(-c7nc(-c8ccccc8)nc(-c8ccc9c(c8)oc8ccccc89)n7)c56)c4)c3)cccc21. The van der Waals surface area contributed by atoms with Crippen molar-refractivity contribution in [1.82, 2.24) is 19.5 Å². The molecule has 69 heavy (non-hydrogen) atoms. The Bertz CT molecular complexity index is 4230. The number of nitrogens with zero attached hydrogens (tertiary/aromatic N) is 4. The summed E-state index contributed by atoms with van der Waals surface area (Å²) in [5.41, 5.74) is 17.7. The maximum Gasteiger partial charge on any atom is 0.238 e. The smallest absolute Gasteiger partial charge is 0.238 e. The molecule has 0 spiro atoms. The van der Waals surface area contributed by atoms with Crippen LogP contribution in [0.2, 0.25) is 0 Å². The van der Waals surface area contributed by atoms with Crippen molar-refractivity contribution in [3.05, 3.63) is 230 Å². The molecule has 10 aromatic carbocycles. The van der Waals surface area contributed by atoms with E-state index >= 15 is 0 Å².